The van der Waals surface area contributed by atoms with Gasteiger partial charge in [-0.1, -0.05) is 27.7 Å². The van der Waals surface area contributed by atoms with Crippen molar-refractivity contribution in [1.29, 1.82) is 0 Å². The number of rotatable bonds is 0. The zero-order valence-corrected chi connectivity index (χ0v) is 9.02. The fourth-order valence-corrected chi connectivity index (χ4v) is 3.60. The third-order valence-corrected chi connectivity index (χ3v) is 4.98. The highest BCUT2D eigenvalue weighted by Crippen LogP contribution is 2.73. The zero-order chi connectivity index (χ0) is 9.57. The number of fused-ring (bicyclic) bond motifs is 1. The van der Waals surface area contributed by atoms with Crippen LogP contribution in [0.25, 0.3) is 0 Å². The molecule has 0 aromatic heterocycles. The van der Waals surface area contributed by atoms with Crippen LogP contribution in [0.1, 0.15) is 40.5 Å². The predicted octanol–water partition coefficient (Wildman–Crippen LogP) is 2.69. The Morgan fingerprint density at radius 2 is 1.67 bits per heavy atom. The van der Waals surface area contributed by atoms with Crippen molar-refractivity contribution in [3.8, 4) is 0 Å². The molecule has 0 heterocycles. The largest absolute Gasteiger partial charge is 0.400 e. The topological polar surface area (TPSA) is 20.2 Å². The third-order valence-electron chi connectivity index (χ3n) is 4.98. The molecule has 2 bridgehead atoms. The smallest absolute Gasteiger partial charge is 0.0319 e. The maximum Gasteiger partial charge on any atom is 0.0319 e. The van der Waals surface area contributed by atoms with Gasteiger partial charge in [0, 0.05) is 7.11 Å². The first-order valence-electron chi connectivity index (χ1n) is 4.95. The minimum Gasteiger partial charge on any atom is -0.400 e. The highest BCUT2D eigenvalue weighted by molar-refractivity contribution is 5.14. The summed E-state index contributed by atoms with van der Waals surface area (Å²) >= 11 is 0. The summed E-state index contributed by atoms with van der Waals surface area (Å²) in [5.41, 5.74) is 1.35. The lowest BCUT2D eigenvalue weighted by molar-refractivity contribution is -0.107. The number of hydrogen-bond donors (Lipinski definition) is 1. The Morgan fingerprint density at radius 1 is 1.17 bits per heavy atom. The summed E-state index contributed by atoms with van der Waals surface area (Å²) in [6.07, 6.45) is 2.97. The second kappa shape index (κ2) is 2.73. The van der Waals surface area contributed by atoms with E-state index >= 15 is 0 Å². The van der Waals surface area contributed by atoms with Crippen molar-refractivity contribution in [1.82, 2.24) is 0 Å². The first kappa shape index (κ1) is 10.0. The van der Waals surface area contributed by atoms with Crippen LogP contribution in [0.4, 0.5) is 0 Å². The summed E-state index contributed by atoms with van der Waals surface area (Å²) in [7, 11) is 1.00. The quantitative estimate of drug-likeness (QED) is 0.592. The Balaban J connectivity index is 0.000000336. The van der Waals surface area contributed by atoms with Gasteiger partial charge in [-0.3, -0.25) is 0 Å². The molecule has 0 aliphatic heterocycles. The summed E-state index contributed by atoms with van der Waals surface area (Å²) in [6.45, 7) is 9.80. The highest BCUT2D eigenvalue weighted by atomic mass is 16.2. The molecule has 0 saturated heterocycles. The minimum atomic E-state index is 0.659. The van der Waals surface area contributed by atoms with E-state index in [1.54, 1.807) is 0 Å². The van der Waals surface area contributed by atoms with Gasteiger partial charge < -0.3 is 5.11 Å². The van der Waals surface area contributed by atoms with E-state index in [0.29, 0.717) is 10.8 Å². The maximum atomic E-state index is 7.00. The zero-order valence-electron chi connectivity index (χ0n) is 9.02. The fourth-order valence-electron chi connectivity index (χ4n) is 3.60. The van der Waals surface area contributed by atoms with Crippen molar-refractivity contribution in [2.24, 2.45) is 22.7 Å². The maximum absolute atomic E-state index is 7.00. The lowest BCUT2D eigenvalue weighted by Crippen LogP contribution is -2.53. The van der Waals surface area contributed by atoms with Crippen LogP contribution < -0.4 is 0 Å². The standard InChI is InChI=1S/C10H18.CH4O/c1-7-8-5-6-10(7,4)9(8,2)3;1-2/h7-8H,5-6H2,1-4H3;2H,1H3. The minimum absolute atomic E-state index is 0.659. The summed E-state index contributed by atoms with van der Waals surface area (Å²) < 4.78 is 0. The molecule has 0 spiro atoms. The first-order valence-corrected chi connectivity index (χ1v) is 4.95. The van der Waals surface area contributed by atoms with Gasteiger partial charge in [0.05, 0.1) is 0 Å². The number of hydrogen-bond acceptors (Lipinski definition) is 1. The molecule has 1 nitrogen and oxygen atoms in total. The molecule has 3 aliphatic rings. The van der Waals surface area contributed by atoms with Gasteiger partial charge >= 0.3 is 0 Å². The van der Waals surface area contributed by atoms with Crippen molar-refractivity contribution in [2.75, 3.05) is 7.11 Å². The van der Waals surface area contributed by atoms with Crippen molar-refractivity contribution >= 4 is 0 Å². The molecule has 0 radical (unpaired) electrons. The normalized spacial score (nSPS) is 47.5. The van der Waals surface area contributed by atoms with Gasteiger partial charge in [-0.05, 0) is 35.5 Å². The van der Waals surface area contributed by atoms with Crippen LogP contribution in [-0.4, -0.2) is 12.2 Å². The van der Waals surface area contributed by atoms with Gasteiger partial charge in [-0.2, -0.15) is 0 Å². The highest BCUT2D eigenvalue weighted by Gasteiger charge is 2.66. The lowest BCUT2D eigenvalue weighted by Gasteiger charge is -2.59. The molecule has 12 heavy (non-hydrogen) atoms. The van der Waals surface area contributed by atoms with E-state index in [9.17, 15) is 0 Å². The Morgan fingerprint density at radius 3 is 1.75 bits per heavy atom. The number of aliphatic hydroxyl groups is 1. The summed E-state index contributed by atoms with van der Waals surface area (Å²) in [4.78, 5) is 0. The van der Waals surface area contributed by atoms with Gasteiger partial charge in [0.15, 0.2) is 0 Å². The molecule has 1 N–H and O–H groups in total. The van der Waals surface area contributed by atoms with E-state index < -0.39 is 0 Å². The molecule has 3 rings (SSSR count). The van der Waals surface area contributed by atoms with Gasteiger partial charge in [-0.25, -0.2) is 0 Å². The van der Waals surface area contributed by atoms with Crippen molar-refractivity contribution in [3.05, 3.63) is 0 Å². The molecule has 3 atom stereocenters. The molecule has 0 aromatic rings. The van der Waals surface area contributed by atoms with Crippen molar-refractivity contribution in [2.45, 2.75) is 40.5 Å². The Kier molecular flexibility index (Phi) is 2.28. The van der Waals surface area contributed by atoms with Gasteiger partial charge in [-0.15, -0.1) is 0 Å². The van der Waals surface area contributed by atoms with Gasteiger partial charge in [0.1, 0.15) is 0 Å². The summed E-state index contributed by atoms with van der Waals surface area (Å²) in [5.74, 6) is 2.04. The molecule has 3 aliphatic carbocycles. The van der Waals surface area contributed by atoms with Crippen LogP contribution in [0.3, 0.4) is 0 Å². The Hall–Kier alpha value is -0.0400. The van der Waals surface area contributed by atoms with Crippen LogP contribution in [0.5, 0.6) is 0 Å². The fraction of sp³-hybridized carbons (Fsp3) is 1.00. The van der Waals surface area contributed by atoms with E-state index in [1.165, 1.54) is 12.8 Å². The third kappa shape index (κ3) is 0.834. The first-order chi connectivity index (χ1) is 5.50. The summed E-state index contributed by atoms with van der Waals surface area (Å²) in [5, 5.41) is 7.00. The van der Waals surface area contributed by atoms with Gasteiger partial charge in [0.2, 0.25) is 0 Å². The average molecular weight is 170 g/mol. The van der Waals surface area contributed by atoms with Crippen LogP contribution in [0.15, 0.2) is 0 Å². The van der Waals surface area contributed by atoms with E-state index in [1.807, 2.05) is 0 Å². The summed E-state index contributed by atoms with van der Waals surface area (Å²) in [6, 6.07) is 0. The Bertz CT molecular complexity index is 174. The van der Waals surface area contributed by atoms with E-state index in [0.717, 1.165) is 18.9 Å². The molecule has 3 fully saturated rings. The molecule has 0 amide bonds. The number of aliphatic hydroxyl groups excluding tert-OH is 1. The second-order valence-electron chi connectivity index (χ2n) is 5.07. The van der Waals surface area contributed by atoms with Gasteiger partial charge in [0.25, 0.3) is 0 Å². The predicted molar refractivity (Wildman–Crippen MR) is 51.9 cm³/mol. The van der Waals surface area contributed by atoms with Crippen molar-refractivity contribution < 1.29 is 5.11 Å². The van der Waals surface area contributed by atoms with Crippen LogP contribution in [0.2, 0.25) is 0 Å². The lowest BCUT2D eigenvalue weighted by atomic mass is 9.46. The van der Waals surface area contributed by atoms with Crippen LogP contribution in [-0.2, 0) is 0 Å². The second-order valence-corrected chi connectivity index (χ2v) is 5.07. The molecule has 72 valence electrons. The Labute approximate surface area is 76.2 Å². The SMILES string of the molecule is CC1C2CCC1(C)C2(C)C.CO. The van der Waals surface area contributed by atoms with Crippen LogP contribution >= 0.6 is 0 Å². The monoisotopic (exact) mass is 170 g/mol. The van der Waals surface area contributed by atoms with Crippen LogP contribution in [0, 0.1) is 22.7 Å². The molecule has 0 aromatic carbocycles. The molecule has 3 unspecified atom stereocenters. The molecular weight excluding hydrogens is 148 g/mol. The molecule has 3 saturated carbocycles. The van der Waals surface area contributed by atoms with E-state index in [4.69, 9.17) is 5.11 Å². The molecule has 1 heteroatoms. The van der Waals surface area contributed by atoms with E-state index in [-0.39, 0.29) is 0 Å². The van der Waals surface area contributed by atoms with Crippen molar-refractivity contribution in [3.63, 3.8) is 0 Å². The average Bonchev–Trinajstić information content (AvgIpc) is 2.47. The molecular formula is C11H22O. The van der Waals surface area contributed by atoms with E-state index in [2.05, 4.69) is 27.7 Å².